The SMILES string of the molecule is CCNC(=NCc1ccc(C(N)=O)o1)NC1CCN(c2cc(OC)cc(OC)c2)C1.I. The second-order valence-electron chi connectivity index (χ2n) is 6.97. The Morgan fingerprint density at radius 2 is 1.97 bits per heavy atom. The Bertz CT molecular complexity index is 879. The quantitative estimate of drug-likeness (QED) is 0.266. The second-order valence-corrected chi connectivity index (χ2v) is 6.97. The Kier molecular flexibility index (Phi) is 9.28. The molecule has 1 aromatic heterocycles. The first-order valence-electron chi connectivity index (χ1n) is 9.93. The van der Waals surface area contributed by atoms with E-state index in [-0.39, 0.29) is 35.8 Å². The molecule has 9 nitrogen and oxygen atoms in total. The smallest absolute Gasteiger partial charge is 0.284 e. The van der Waals surface area contributed by atoms with Gasteiger partial charge < -0.3 is 35.2 Å². The third-order valence-corrected chi connectivity index (χ3v) is 4.87. The van der Waals surface area contributed by atoms with Crippen LogP contribution in [0.5, 0.6) is 11.5 Å². The Morgan fingerprint density at radius 3 is 2.55 bits per heavy atom. The number of carbonyl (C=O) groups is 1. The largest absolute Gasteiger partial charge is 0.497 e. The fourth-order valence-electron chi connectivity index (χ4n) is 3.35. The summed E-state index contributed by atoms with van der Waals surface area (Å²) in [7, 11) is 3.30. The van der Waals surface area contributed by atoms with Crippen LogP contribution in [0, 0.1) is 0 Å². The van der Waals surface area contributed by atoms with Gasteiger partial charge in [0.05, 0.1) is 14.2 Å². The van der Waals surface area contributed by atoms with E-state index in [1.54, 1.807) is 26.4 Å². The van der Waals surface area contributed by atoms with E-state index in [4.69, 9.17) is 19.6 Å². The highest BCUT2D eigenvalue weighted by Gasteiger charge is 2.24. The summed E-state index contributed by atoms with van der Waals surface area (Å²) in [5.41, 5.74) is 6.29. The van der Waals surface area contributed by atoms with Gasteiger partial charge >= 0.3 is 0 Å². The number of hydrogen-bond acceptors (Lipinski definition) is 6. The molecular formula is C21H30IN5O4. The average molecular weight is 543 g/mol. The van der Waals surface area contributed by atoms with E-state index < -0.39 is 5.91 Å². The van der Waals surface area contributed by atoms with Gasteiger partial charge in [0.2, 0.25) is 0 Å². The maximum absolute atomic E-state index is 11.2. The molecule has 170 valence electrons. The summed E-state index contributed by atoms with van der Waals surface area (Å²) in [5.74, 6) is 2.37. The second kappa shape index (κ2) is 11.7. The van der Waals surface area contributed by atoms with E-state index >= 15 is 0 Å². The maximum atomic E-state index is 11.2. The first-order chi connectivity index (χ1) is 14.5. The first-order valence-corrected chi connectivity index (χ1v) is 9.93. The van der Waals surface area contributed by atoms with Gasteiger partial charge in [0.1, 0.15) is 23.8 Å². The van der Waals surface area contributed by atoms with Crippen molar-refractivity contribution in [3.8, 4) is 11.5 Å². The van der Waals surface area contributed by atoms with Crippen LogP contribution in [0.4, 0.5) is 5.69 Å². The molecule has 1 aromatic carbocycles. The van der Waals surface area contributed by atoms with Crippen LogP contribution >= 0.6 is 24.0 Å². The topological polar surface area (TPSA) is 114 Å². The number of primary amides is 1. The third-order valence-electron chi connectivity index (χ3n) is 4.87. The molecule has 1 unspecified atom stereocenters. The van der Waals surface area contributed by atoms with E-state index in [1.165, 1.54) is 0 Å². The predicted molar refractivity (Wildman–Crippen MR) is 131 cm³/mol. The normalized spacial score (nSPS) is 15.9. The van der Waals surface area contributed by atoms with Gasteiger partial charge in [-0.05, 0) is 25.5 Å². The monoisotopic (exact) mass is 543 g/mol. The minimum absolute atomic E-state index is 0. The molecule has 0 radical (unpaired) electrons. The molecule has 2 heterocycles. The van der Waals surface area contributed by atoms with Crippen molar-refractivity contribution in [3.05, 3.63) is 41.9 Å². The number of anilines is 1. The minimum Gasteiger partial charge on any atom is -0.497 e. The summed E-state index contributed by atoms with van der Waals surface area (Å²) < 4.78 is 16.2. The van der Waals surface area contributed by atoms with E-state index in [0.717, 1.165) is 43.2 Å². The van der Waals surface area contributed by atoms with Crippen molar-refractivity contribution in [2.45, 2.75) is 25.9 Å². The molecule has 1 saturated heterocycles. The van der Waals surface area contributed by atoms with Gasteiger partial charge in [-0.1, -0.05) is 0 Å². The molecule has 1 aliphatic rings. The number of benzene rings is 1. The lowest BCUT2D eigenvalue weighted by atomic mass is 10.2. The number of amides is 1. The Morgan fingerprint density at radius 1 is 1.26 bits per heavy atom. The molecule has 2 aromatic rings. The van der Waals surface area contributed by atoms with Crippen molar-refractivity contribution < 1.29 is 18.7 Å². The van der Waals surface area contributed by atoms with Gasteiger partial charge in [0.15, 0.2) is 11.7 Å². The fourth-order valence-corrected chi connectivity index (χ4v) is 3.35. The van der Waals surface area contributed by atoms with Crippen molar-refractivity contribution in [2.75, 3.05) is 38.8 Å². The molecule has 1 aliphatic heterocycles. The number of halogens is 1. The lowest BCUT2D eigenvalue weighted by molar-refractivity contribution is 0.0972. The Labute approximate surface area is 199 Å². The number of furan rings is 1. The zero-order chi connectivity index (χ0) is 21.5. The molecule has 1 amide bonds. The van der Waals surface area contributed by atoms with Crippen LogP contribution in [0.1, 0.15) is 29.7 Å². The highest BCUT2D eigenvalue weighted by atomic mass is 127. The molecule has 1 fully saturated rings. The number of ether oxygens (including phenoxy) is 2. The molecule has 3 rings (SSSR count). The van der Waals surface area contributed by atoms with E-state index in [9.17, 15) is 4.79 Å². The van der Waals surface area contributed by atoms with Crippen LogP contribution in [0.25, 0.3) is 0 Å². The van der Waals surface area contributed by atoms with E-state index in [0.29, 0.717) is 18.3 Å². The molecule has 0 spiro atoms. The van der Waals surface area contributed by atoms with Crippen LogP contribution in [-0.4, -0.2) is 51.8 Å². The van der Waals surface area contributed by atoms with Crippen LogP contribution in [0.2, 0.25) is 0 Å². The van der Waals surface area contributed by atoms with Crippen molar-refractivity contribution in [3.63, 3.8) is 0 Å². The molecular weight excluding hydrogens is 513 g/mol. The number of aliphatic imine (C=N–C) groups is 1. The summed E-state index contributed by atoms with van der Waals surface area (Å²) in [4.78, 5) is 18.0. The molecule has 1 atom stereocenters. The number of hydrogen-bond donors (Lipinski definition) is 3. The number of rotatable bonds is 8. The summed E-state index contributed by atoms with van der Waals surface area (Å²) in [6.07, 6.45) is 0.969. The van der Waals surface area contributed by atoms with Crippen molar-refractivity contribution in [1.29, 1.82) is 0 Å². The van der Waals surface area contributed by atoms with E-state index in [1.807, 2.05) is 25.1 Å². The molecule has 0 aliphatic carbocycles. The van der Waals surface area contributed by atoms with Gasteiger partial charge in [-0.3, -0.25) is 4.79 Å². The summed E-state index contributed by atoms with van der Waals surface area (Å²) in [5, 5.41) is 6.72. The number of nitrogens with two attached hydrogens (primary N) is 1. The zero-order valence-corrected chi connectivity index (χ0v) is 20.3. The van der Waals surface area contributed by atoms with Gasteiger partial charge in [0, 0.05) is 49.6 Å². The van der Waals surface area contributed by atoms with E-state index in [2.05, 4.69) is 20.5 Å². The Hall–Kier alpha value is -2.63. The third kappa shape index (κ3) is 6.68. The number of carbonyl (C=O) groups excluding carboxylic acids is 1. The van der Waals surface area contributed by atoms with Gasteiger partial charge in [0.25, 0.3) is 5.91 Å². The summed E-state index contributed by atoms with van der Waals surface area (Å²) in [6, 6.07) is 9.39. The Balaban J connectivity index is 0.00000341. The lowest BCUT2D eigenvalue weighted by Crippen LogP contribution is -2.44. The van der Waals surface area contributed by atoms with Crippen LogP contribution in [0.3, 0.4) is 0 Å². The molecule has 10 heteroatoms. The molecule has 0 bridgehead atoms. The van der Waals surface area contributed by atoms with Crippen LogP contribution in [-0.2, 0) is 6.54 Å². The standard InChI is InChI=1S/C21H29N5O4.HI/c1-4-23-21(24-12-16-5-6-19(30-16)20(22)27)25-14-7-8-26(13-14)15-9-17(28-2)11-18(10-15)29-3;/h5-6,9-11,14H,4,7-8,12-13H2,1-3H3,(H2,22,27)(H2,23,24,25);1H. The lowest BCUT2D eigenvalue weighted by Gasteiger charge is -2.21. The fraction of sp³-hybridized carbons (Fsp3) is 0.429. The summed E-state index contributed by atoms with van der Waals surface area (Å²) in [6.45, 7) is 4.80. The van der Waals surface area contributed by atoms with Gasteiger partial charge in [-0.2, -0.15) is 0 Å². The number of guanidine groups is 1. The highest BCUT2D eigenvalue weighted by molar-refractivity contribution is 14.0. The zero-order valence-electron chi connectivity index (χ0n) is 18.0. The number of methoxy groups -OCH3 is 2. The average Bonchev–Trinajstić information content (AvgIpc) is 3.41. The van der Waals surface area contributed by atoms with Crippen molar-refractivity contribution in [1.82, 2.24) is 10.6 Å². The predicted octanol–water partition coefficient (Wildman–Crippen LogP) is 2.35. The molecule has 0 saturated carbocycles. The number of nitrogens with zero attached hydrogens (tertiary/aromatic N) is 2. The maximum Gasteiger partial charge on any atom is 0.284 e. The summed E-state index contributed by atoms with van der Waals surface area (Å²) >= 11 is 0. The minimum atomic E-state index is -0.588. The highest BCUT2D eigenvalue weighted by Crippen LogP contribution is 2.30. The van der Waals surface area contributed by atoms with Crippen molar-refractivity contribution in [2.24, 2.45) is 10.7 Å². The van der Waals surface area contributed by atoms with Gasteiger partial charge in [-0.15, -0.1) is 24.0 Å². The molecule has 4 N–H and O–H groups in total. The van der Waals surface area contributed by atoms with Gasteiger partial charge in [-0.25, -0.2) is 4.99 Å². The number of nitrogens with one attached hydrogen (secondary N) is 2. The van der Waals surface area contributed by atoms with Crippen LogP contribution in [0.15, 0.2) is 39.7 Å². The molecule has 31 heavy (non-hydrogen) atoms. The van der Waals surface area contributed by atoms with Crippen LogP contribution < -0.4 is 30.7 Å². The first kappa shape index (κ1) is 24.6. The van der Waals surface area contributed by atoms with Crippen molar-refractivity contribution >= 4 is 41.5 Å².